The molecular weight excluding hydrogens is 270 g/mol. The monoisotopic (exact) mass is 291 g/mol. The predicted octanol–water partition coefficient (Wildman–Crippen LogP) is 1.77. The number of methoxy groups -OCH3 is 2. The van der Waals surface area contributed by atoms with Gasteiger partial charge in [0.05, 0.1) is 19.8 Å². The molecule has 0 saturated carbocycles. The molecule has 7 nitrogen and oxygen atoms in total. The number of nitrogens with one attached hydrogen (secondary N) is 2. The fourth-order valence-corrected chi connectivity index (χ4v) is 2.23. The van der Waals surface area contributed by atoms with Crippen molar-refractivity contribution in [3.63, 3.8) is 0 Å². The third-order valence-electron chi connectivity index (χ3n) is 3.35. The van der Waals surface area contributed by atoms with E-state index in [1.165, 1.54) is 0 Å². The molecule has 0 aliphatic carbocycles. The van der Waals surface area contributed by atoms with Crippen LogP contribution in [0.2, 0.25) is 0 Å². The average Bonchev–Trinajstić information content (AvgIpc) is 3.01. The van der Waals surface area contributed by atoms with Gasteiger partial charge in [0.25, 0.3) is 0 Å². The Kier molecular flexibility index (Phi) is 5.24. The Bertz CT molecular complexity index is 558. The summed E-state index contributed by atoms with van der Waals surface area (Å²) in [6, 6.07) is 6.23. The van der Waals surface area contributed by atoms with E-state index in [1.54, 1.807) is 14.2 Å². The van der Waals surface area contributed by atoms with E-state index < -0.39 is 0 Å². The van der Waals surface area contributed by atoms with Crippen molar-refractivity contribution < 1.29 is 9.47 Å². The molecule has 7 heteroatoms. The predicted molar refractivity (Wildman–Crippen MR) is 77.9 cm³/mol. The van der Waals surface area contributed by atoms with Crippen LogP contribution in [0.3, 0.4) is 0 Å². The molecule has 0 radical (unpaired) electrons. The smallest absolute Gasteiger partial charge is 0.191 e. The molecule has 21 heavy (non-hydrogen) atoms. The number of hydrogen-bond acceptors (Lipinski definition) is 6. The highest BCUT2D eigenvalue weighted by molar-refractivity contribution is 5.38. The van der Waals surface area contributed by atoms with Crippen molar-refractivity contribution in [1.29, 1.82) is 0 Å². The number of tetrazole rings is 1. The zero-order valence-corrected chi connectivity index (χ0v) is 12.8. The van der Waals surface area contributed by atoms with Gasteiger partial charge in [0.2, 0.25) is 0 Å². The number of H-pyrrole nitrogens is 1. The molecular formula is C14H21N5O2. The molecule has 114 valence electrons. The Morgan fingerprint density at radius 1 is 1.24 bits per heavy atom. The van der Waals surface area contributed by atoms with Crippen LogP contribution >= 0.6 is 0 Å². The van der Waals surface area contributed by atoms with Crippen LogP contribution < -0.4 is 10.1 Å². The van der Waals surface area contributed by atoms with E-state index in [1.807, 2.05) is 19.1 Å². The summed E-state index contributed by atoms with van der Waals surface area (Å²) in [5.74, 6) is 1.48. The molecule has 0 saturated heterocycles. The van der Waals surface area contributed by atoms with Crippen molar-refractivity contribution in [2.24, 2.45) is 0 Å². The van der Waals surface area contributed by atoms with Gasteiger partial charge < -0.3 is 14.8 Å². The lowest BCUT2D eigenvalue weighted by atomic mass is 10.0. The van der Waals surface area contributed by atoms with Gasteiger partial charge in [-0.15, -0.1) is 10.2 Å². The summed E-state index contributed by atoms with van der Waals surface area (Å²) < 4.78 is 10.6. The van der Waals surface area contributed by atoms with Crippen LogP contribution in [0.25, 0.3) is 0 Å². The third-order valence-corrected chi connectivity index (χ3v) is 3.35. The van der Waals surface area contributed by atoms with E-state index in [0.717, 1.165) is 16.9 Å². The topological polar surface area (TPSA) is 85.0 Å². The summed E-state index contributed by atoms with van der Waals surface area (Å²) >= 11 is 0. The Morgan fingerprint density at radius 2 is 2.05 bits per heavy atom. The number of rotatable bonds is 7. The van der Waals surface area contributed by atoms with Gasteiger partial charge in [-0.05, 0) is 31.5 Å². The second-order valence-electron chi connectivity index (χ2n) is 4.88. The minimum Gasteiger partial charge on any atom is -0.496 e. The summed E-state index contributed by atoms with van der Waals surface area (Å²) in [6.45, 7) is 4.61. The number of ether oxygens (including phenoxy) is 2. The molecule has 0 spiro atoms. The first kappa shape index (κ1) is 15.4. The van der Waals surface area contributed by atoms with Crippen LogP contribution in [0.4, 0.5) is 0 Å². The van der Waals surface area contributed by atoms with Crippen LogP contribution in [0.1, 0.15) is 42.9 Å². The Balaban J connectivity index is 2.11. The maximum atomic E-state index is 5.34. The Morgan fingerprint density at radius 3 is 2.67 bits per heavy atom. The Labute approximate surface area is 124 Å². The van der Waals surface area contributed by atoms with E-state index in [9.17, 15) is 0 Å². The van der Waals surface area contributed by atoms with Gasteiger partial charge in [-0.1, -0.05) is 11.3 Å². The van der Waals surface area contributed by atoms with E-state index in [-0.39, 0.29) is 12.1 Å². The van der Waals surface area contributed by atoms with E-state index in [2.05, 4.69) is 38.9 Å². The van der Waals surface area contributed by atoms with Crippen LogP contribution in [0, 0.1) is 0 Å². The second kappa shape index (κ2) is 7.14. The van der Waals surface area contributed by atoms with Gasteiger partial charge in [0.1, 0.15) is 5.75 Å². The van der Waals surface area contributed by atoms with Crippen LogP contribution in [-0.2, 0) is 11.3 Å². The molecule has 1 aromatic carbocycles. The maximum absolute atomic E-state index is 5.34. The molecule has 1 aromatic heterocycles. The van der Waals surface area contributed by atoms with Crippen LogP contribution in [0.15, 0.2) is 18.2 Å². The number of aromatic amines is 1. The molecule has 2 unspecified atom stereocenters. The SMILES string of the molecule is COCc1cc(C(C)NC(C)c2nn[nH]n2)ccc1OC. The zero-order chi connectivity index (χ0) is 15.2. The highest BCUT2D eigenvalue weighted by Crippen LogP contribution is 2.25. The lowest BCUT2D eigenvalue weighted by Gasteiger charge is -2.19. The fourth-order valence-electron chi connectivity index (χ4n) is 2.23. The van der Waals surface area contributed by atoms with Gasteiger partial charge in [-0.3, -0.25) is 0 Å². The molecule has 0 amide bonds. The van der Waals surface area contributed by atoms with Gasteiger partial charge in [0, 0.05) is 18.7 Å². The molecule has 0 aliphatic heterocycles. The van der Waals surface area contributed by atoms with E-state index >= 15 is 0 Å². The highest BCUT2D eigenvalue weighted by Gasteiger charge is 2.15. The number of benzene rings is 1. The molecule has 1 heterocycles. The van der Waals surface area contributed by atoms with Crippen molar-refractivity contribution in [3.8, 4) is 5.75 Å². The number of aromatic nitrogens is 4. The summed E-state index contributed by atoms with van der Waals surface area (Å²) in [5.41, 5.74) is 2.18. The molecule has 2 atom stereocenters. The van der Waals surface area contributed by atoms with Crippen LogP contribution in [-0.4, -0.2) is 34.8 Å². The normalized spacial score (nSPS) is 13.9. The standard InChI is InChI=1S/C14H21N5O2/c1-9(15-10(2)14-16-18-19-17-14)11-5-6-13(21-4)12(7-11)8-20-3/h5-7,9-10,15H,8H2,1-4H3,(H,16,17,18,19). The first-order valence-electron chi connectivity index (χ1n) is 6.80. The first-order chi connectivity index (χ1) is 10.2. The molecule has 2 rings (SSSR count). The quantitative estimate of drug-likeness (QED) is 0.808. The largest absolute Gasteiger partial charge is 0.496 e. The van der Waals surface area contributed by atoms with Gasteiger partial charge >= 0.3 is 0 Å². The van der Waals surface area contributed by atoms with Crippen molar-refractivity contribution >= 4 is 0 Å². The summed E-state index contributed by atoms with van der Waals surface area (Å²) in [5, 5.41) is 17.4. The minimum absolute atomic E-state index is 0.00623. The van der Waals surface area contributed by atoms with E-state index in [0.29, 0.717) is 12.4 Å². The molecule has 2 aromatic rings. The maximum Gasteiger partial charge on any atom is 0.191 e. The lowest BCUT2D eigenvalue weighted by molar-refractivity contribution is 0.181. The van der Waals surface area contributed by atoms with Gasteiger partial charge in [0.15, 0.2) is 5.82 Å². The third kappa shape index (κ3) is 3.77. The lowest BCUT2D eigenvalue weighted by Crippen LogP contribution is -2.23. The molecule has 0 bridgehead atoms. The van der Waals surface area contributed by atoms with Crippen molar-refractivity contribution in [3.05, 3.63) is 35.2 Å². The zero-order valence-electron chi connectivity index (χ0n) is 12.8. The fraction of sp³-hybridized carbons (Fsp3) is 0.500. The van der Waals surface area contributed by atoms with E-state index in [4.69, 9.17) is 9.47 Å². The van der Waals surface area contributed by atoms with Crippen LogP contribution in [0.5, 0.6) is 5.75 Å². The molecule has 0 fully saturated rings. The van der Waals surface area contributed by atoms with Crippen molar-refractivity contribution in [1.82, 2.24) is 25.9 Å². The summed E-state index contributed by atoms with van der Waals surface area (Å²) in [7, 11) is 3.33. The van der Waals surface area contributed by atoms with Gasteiger partial charge in [-0.25, -0.2) is 0 Å². The number of hydrogen-bond donors (Lipinski definition) is 2. The number of nitrogens with zero attached hydrogens (tertiary/aromatic N) is 3. The Hall–Kier alpha value is -1.99. The average molecular weight is 291 g/mol. The highest BCUT2D eigenvalue weighted by atomic mass is 16.5. The molecule has 0 aliphatic rings. The second-order valence-corrected chi connectivity index (χ2v) is 4.88. The van der Waals surface area contributed by atoms with Crippen molar-refractivity contribution in [2.45, 2.75) is 32.5 Å². The van der Waals surface area contributed by atoms with Crippen molar-refractivity contribution in [2.75, 3.05) is 14.2 Å². The molecule has 2 N–H and O–H groups in total. The van der Waals surface area contributed by atoms with Gasteiger partial charge in [-0.2, -0.15) is 5.21 Å². The first-order valence-corrected chi connectivity index (χ1v) is 6.80. The summed E-state index contributed by atoms with van der Waals surface area (Å²) in [4.78, 5) is 0. The summed E-state index contributed by atoms with van der Waals surface area (Å²) in [6.07, 6.45) is 0. The minimum atomic E-state index is 0.00623.